The molecular weight excluding hydrogens is 302 g/mol. The highest BCUT2D eigenvalue weighted by Crippen LogP contribution is 2.37. The fourth-order valence-electron chi connectivity index (χ4n) is 2.72. The number of anilines is 1. The van der Waals surface area contributed by atoms with Crippen LogP contribution in [0.3, 0.4) is 0 Å². The van der Waals surface area contributed by atoms with Gasteiger partial charge in [-0.1, -0.05) is 42.5 Å². The largest absolute Gasteiger partial charge is 0.436 e. The Morgan fingerprint density at radius 3 is 2.25 bits per heavy atom. The zero-order chi connectivity index (χ0) is 17.3. The van der Waals surface area contributed by atoms with Gasteiger partial charge in [-0.15, -0.1) is 0 Å². The number of ketones is 1. The fourth-order valence-corrected chi connectivity index (χ4v) is 2.72. The van der Waals surface area contributed by atoms with E-state index >= 15 is 0 Å². The quantitative estimate of drug-likeness (QED) is 0.772. The monoisotopic (exact) mass is 321 g/mol. The number of hydrogen-bond acceptors (Lipinski definition) is 3. The first kappa shape index (κ1) is 16.0. The number of amides is 1. The SMILES string of the molecule is CC(=O)c1ccc(/C=C2\N(c3ccccc3)C(=O)OC2(C)C)cc1. The van der Waals surface area contributed by atoms with E-state index in [2.05, 4.69) is 0 Å². The van der Waals surface area contributed by atoms with Crippen molar-refractivity contribution in [2.75, 3.05) is 4.90 Å². The van der Waals surface area contributed by atoms with Crippen molar-refractivity contribution < 1.29 is 14.3 Å². The maximum atomic E-state index is 12.4. The zero-order valence-corrected chi connectivity index (χ0v) is 13.9. The summed E-state index contributed by atoms with van der Waals surface area (Å²) in [6, 6.07) is 16.7. The summed E-state index contributed by atoms with van der Waals surface area (Å²) in [6.07, 6.45) is 1.53. The maximum Gasteiger partial charge on any atom is 0.419 e. The predicted octanol–water partition coefficient (Wildman–Crippen LogP) is 4.67. The Hall–Kier alpha value is -2.88. The Balaban J connectivity index is 2.04. The van der Waals surface area contributed by atoms with E-state index in [0.717, 1.165) is 16.9 Å². The molecule has 1 amide bonds. The van der Waals surface area contributed by atoms with E-state index in [1.165, 1.54) is 6.92 Å². The summed E-state index contributed by atoms with van der Waals surface area (Å²) in [5, 5.41) is 0. The molecule has 122 valence electrons. The normalized spacial score (nSPS) is 17.9. The molecule has 1 fully saturated rings. The van der Waals surface area contributed by atoms with Gasteiger partial charge in [0.1, 0.15) is 5.60 Å². The van der Waals surface area contributed by atoms with Crippen molar-refractivity contribution >= 4 is 23.6 Å². The molecule has 1 aliphatic rings. The minimum Gasteiger partial charge on any atom is -0.436 e. The van der Waals surface area contributed by atoms with Crippen molar-refractivity contribution in [1.82, 2.24) is 0 Å². The van der Waals surface area contributed by atoms with E-state index < -0.39 is 11.7 Å². The van der Waals surface area contributed by atoms with Gasteiger partial charge in [-0.05, 0) is 44.5 Å². The summed E-state index contributed by atoms with van der Waals surface area (Å²) in [6.45, 7) is 5.27. The average molecular weight is 321 g/mol. The number of hydrogen-bond donors (Lipinski definition) is 0. The van der Waals surface area contributed by atoms with Crippen LogP contribution >= 0.6 is 0 Å². The lowest BCUT2D eigenvalue weighted by molar-refractivity contribution is 0.0986. The van der Waals surface area contributed by atoms with E-state index in [9.17, 15) is 9.59 Å². The van der Waals surface area contributed by atoms with Crippen LogP contribution < -0.4 is 4.90 Å². The zero-order valence-electron chi connectivity index (χ0n) is 13.9. The molecule has 2 aromatic carbocycles. The number of Topliss-reactive ketones (excluding diaryl/α,β-unsaturated/α-hetero) is 1. The summed E-state index contributed by atoms with van der Waals surface area (Å²) in [5.74, 6) is 0.0276. The Bertz CT molecular complexity index is 805. The van der Waals surface area contributed by atoms with Gasteiger partial charge >= 0.3 is 6.09 Å². The molecule has 0 spiro atoms. The highest BCUT2D eigenvalue weighted by Gasteiger charge is 2.43. The molecule has 1 heterocycles. The maximum absolute atomic E-state index is 12.4. The van der Waals surface area contributed by atoms with Crippen LogP contribution in [0.25, 0.3) is 6.08 Å². The van der Waals surface area contributed by atoms with Gasteiger partial charge in [0.25, 0.3) is 0 Å². The van der Waals surface area contributed by atoms with Crippen LogP contribution in [-0.2, 0) is 4.74 Å². The summed E-state index contributed by atoms with van der Waals surface area (Å²) in [4.78, 5) is 25.3. The van der Waals surface area contributed by atoms with Crippen molar-refractivity contribution in [3.05, 3.63) is 71.4 Å². The second kappa shape index (κ2) is 5.96. The van der Waals surface area contributed by atoms with Crippen molar-refractivity contribution in [3.63, 3.8) is 0 Å². The van der Waals surface area contributed by atoms with E-state index in [0.29, 0.717) is 5.56 Å². The third kappa shape index (κ3) is 2.95. The van der Waals surface area contributed by atoms with Gasteiger partial charge in [-0.2, -0.15) is 0 Å². The lowest BCUT2D eigenvalue weighted by atomic mass is 10.0. The molecule has 0 N–H and O–H groups in total. The molecule has 4 nitrogen and oxygen atoms in total. The Kier molecular flexibility index (Phi) is 3.97. The molecular formula is C20H19NO3. The highest BCUT2D eigenvalue weighted by atomic mass is 16.6. The third-order valence-corrected chi connectivity index (χ3v) is 4.02. The third-order valence-electron chi connectivity index (χ3n) is 4.02. The van der Waals surface area contributed by atoms with Gasteiger partial charge in [0, 0.05) is 5.56 Å². The van der Waals surface area contributed by atoms with Gasteiger partial charge in [0.2, 0.25) is 0 Å². The van der Waals surface area contributed by atoms with Crippen LogP contribution in [0.5, 0.6) is 0 Å². The predicted molar refractivity (Wildman–Crippen MR) is 93.9 cm³/mol. The van der Waals surface area contributed by atoms with Crippen LogP contribution in [0.1, 0.15) is 36.7 Å². The second-order valence-electron chi connectivity index (χ2n) is 6.26. The van der Waals surface area contributed by atoms with Gasteiger partial charge in [0.05, 0.1) is 11.4 Å². The van der Waals surface area contributed by atoms with Crippen molar-refractivity contribution in [3.8, 4) is 0 Å². The van der Waals surface area contributed by atoms with Gasteiger partial charge in [0.15, 0.2) is 5.78 Å². The first-order valence-electron chi connectivity index (χ1n) is 7.80. The molecule has 0 atom stereocenters. The van der Waals surface area contributed by atoms with Crippen molar-refractivity contribution in [1.29, 1.82) is 0 Å². The van der Waals surface area contributed by atoms with Crippen LogP contribution in [0.4, 0.5) is 10.5 Å². The minimum absolute atomic E-state index is 0.0276. The minimum atomic E-state index is -0.730. The van der Waals surface area contributed by atoms with Crippen LogP contribution in [-0.4, -0.2) is 17.5 Å². The van der Waals surface area contributed by atoms with E-state index in [4.69, 9.17) is 4.74 Å². The van der Waals surface area contributed by atoms with E-state index in [-0.39, 0.29) is 5.78 Å². The lowest BCUT2D eigenvalue weighted by Crippen LogP contribution is -2.25. The van der Waals surface area contributed by atoms with Crippen LogP contribution in [0.2, 0.25) is 0 Å². The molecule has 0 bridgehead atoms. The first-order valence-corrected chi connectivity index (χ1v) is 7.80. The summed E-state index contributed by atoms with van der Waals surface area (Å²) in [5.41, 5.74) is 2.36. The number of carbonyl (C=O) groups excluding carboxylic acids is 2. The highest BCUT2D eigenvalue weighted by molar-refractivity contribution is 5.97. The number of cyclic esters (lactones) is 1. The Morgan fingerprint density at radius 2 is 1.67 bits per heavy atom. The smallest absolute Gasteiger partial charge is 0.419 e. The number of para-hydroxylation sites is 1. The van der Waals surface area contributed by atoms with E-state index in [1.807, 2.05) is 62.4 Å². The summed E-state index contributed by atoms with van der Waals surface area (Å²) in [7, 11) is 0. The van der Waals surface area contributed by atoms with Crippen LogP contribution in [0, 0.1) is 0 Å². The second-order valence-corrected chi connectivity index (χ2v) is 6.26. The molecule has 0 unspecified atom stereocenters. The first-order chi connectivity index (χ1) is 11.4. The van der Waals surface area contributed by atoms with Crippen molar-refractivity contribution in [2.24, 2.45) is 0 Å². The average Bonchev–Trinajstić information content (AvgIpc) is 2.77. The molecule has 0 aromatic heterocycles. The number of carbonyl (C=O) groups is 2. The molecule has 0 saturated carbocycles. The molecule has 3 rings (SSSR count). The number of rotatable bonds is 3. The lowest BCUT2D eigenvalue weighted by Gasteiger charge is -2.21. The molecule has 0 radical (unpaired) electrons. The molecule has 24 heavy (non-hydrogen) atoms. The molecule has 1 saturated heterocycles. The number of benzene rings is 2. The fraction of sp³-hybridized carbons (Fsp3) is 0.200. The molecule has 4 heteroatoms. The van der Waals surface area contributed by atoms with Gasteiger partial charge in [-0.25, -0.2) is 9.69 Å². The van der Waals surface area contributed by atoms with Gasteiger partial charge in [-0.3, -0.25) is 4.79 Å². The Labute approximate surface area is 141 Å². The number of nitrogens with zero attached hydrogens (tertiary/aromatic N) is 1. The van der Waals surface area contributed by atoms with Gasteiger partial charge < -0.3 is 4.74 Å². The van der Waals surface area contributed by atoms with Crippen molar-refractivity contribution in [2.45, 2.75) is 26.4 Å². The molecule has 0 aliphatic carbocycles. The summed E-state index contributed by atoms with van der Waals surface area (Å²) >= 11 is 0. The molecule has 2 aromatic rings. The topological polar surface area (TPSA) is 46.6 Å². The Morgan fingerprint density at radius 1 is 1.04 bits per heavy atom. The standard InChI is InChI=1S/C20H19NO3/c1-14(22)16-11-9-15(10-12-16)13-18-20(2,3)24-19(23)21(18)17-7-5-4-6-8-17/h4-13H,1-3H3/b18-13-. The van der Waals surface area contributed by atoms with E-state index in [1.54, 1.807) is 17.0 Å². The number of ether oxygens (including phenoxy) is 1. The van der Waals surface area contributed by atoms with Crippen LogP contribution in [0.15, 0.2) is 60.3 Å². The summed E-state index contributed by atoms with van der Waals surface area (Å²) < 4.78 is 5.53. The molecule has 1 aliphatic heterocycles.